The first-order valence-electron chi connectivity index (χ1n) is 38.4. The Morgan fingerprint density at radius 2 is 0.725 bits per heavy atom. The van der Waals surface area contributed by atoms with Gasteiger partial charge in [-0.1, -0.05) is 326 Å². The first-order chi connectivity index (χ1) is 44.6. The van der Waals surface area contributed by atoms with Gasteiger partial charge in [0.25, 0.3) is 0 Å². The molecule has 12 atom stereocenters. The summed E-state index contributed by atoms with van der Waals surface area (Å²) in [6, 6.07) is -0.915. The van der Waals surface area contributed by atoms with Gasteiger partial charge in [0.05, 0.1) is 32.0 Å². The average molecular weight is 1290 g/mol. The Kier molecular flexibility index (Phi) is 57.5. The van der Waals surface area contributed by atoms with Gasteiger partial charge < -0.3 is 65.1 Å². The third-order valence-corrected chi connectivity index (χ3v) is 18.8. The van der Waals surface area contributed by atoms with Gasteiger partial charge in [0.2, 0.25) is 5.91 Å². The second-order valence-corrected chi connectivity index (χ2v) is 27.1. The highest BCUT2D eigenvalue weighted by Crippen LogP contribution is 2.30. The van der Waals surface area contributed by atoms with Gasteiger partial charge in [-0.25, -0.2) is 0 Å². The van der Waals surface area contributed by atoms with Crippen LogP contribution >= 0.6 is 0 Å². The van der Waals surface area contributed by atoms with Crippen LogP contribution in [0.3, 0.4) is 0 Å². The van der Waals surface area contributed by atoms with Crippen LogP contribution in [0.15, 0.2) is 48.6 Å². The first-order valence-corrected chi connectivity index (χ1v) is 38.4. The van der Waals surface area contributed by atoms with E-state index in [1.807, 2.05) is 6.08 Å². The number of rotatable bonds is 64. The van der Waals surface area contributed by atoms with Crippen LogP contribution in [0.1, 0.15) is 341 Å². The predicted octanol–water partition coefficient (Wildman–Crippen LogP) is 16.6. The number of allylic oxidation sites excluding steroid dienone is 7. The predicted molar refractivity (Wildman–Crippen MR) is 374 cm³/mol. The zero-order valence-corrected chi connectivity index (χ0v) is 58.3. The molecule has 12 unspecified atom stereocenters. The largest absolute Gasteiger partial charge is 0.394 e. The maximum Gasteiger partial charge on any atom is 0.220 e. The number of ether oxygens (including phenoxy) is 4. The number of nitrogens with one attached hydrogen (secondary N) is 1. The molecule has 0 aliphatic carbocycles. The molecule has 2 saturated heterocycles. The molecule has 0 radical (unpaired) electrons. The van der Waals surface area contributed by atoms with Crippen molar-refractivity contribution in [2.24, 2.45) is 0 Å². The van der Waals surface area contributed by atoms with Gasteiger partial charge in [-0.05, 0) is 57.8 Å². The lowest BCUT2D eigenvalue weighted by atomic mass is 9.97. The zero-order valence-electron chi connectivity index (χ0n) is 58.3. The van der Waals surface area contributed by atoms with Crippen molar-refractivity contribution in [3.8, 4) is 0 Å². The van der Waals surface area contributed by atoms with Crippen molar-refractivity contribution < 1.29 is 64.6 Å². The van der Waals surface area contributed by atoms with Crippen LogP contribution in [0.5, 0.6) is 0 Å². The Hall–Kier alpha value is -2.05. The summed E-state index contributed by atoms with van der Waals surface area (Å²) in [5, 5.41) is 87.5. The fraction of sp³-hybridized carbons (Fsp3) is 0.883. The van der Waals surface area contributed by atoms with Crippen molar-refractivity contribution in [2.45, 2.75) is 415 Å². The van der Waals surface area contributed by atoms with Crippen molar-refractivity contribution in [2.75, 3.05) is 19.8 Å². The number of carbonyl (C=O) groups is 1. The van der Waals surface area contributed by atoms with E-state index in [2.05, 4.69) is 55.6 Å². The molecule has 9 N–H and O–H groups in total. The van der Waals surface area contributed by atoms with Crippen LogP contribution < -0.4 is 5.32 Å². The van der Waals surface area contributed by atoms with Gasteiger partial charge in [-0.3, -0.25) is 4.79 Å². The highest BCUT2D eigenvalue weighted by Gasteiger charge is 2.51. The lowest BCUT2D eigenvalue weighted by Gasteiger charge is -2.46. The SMILES string of the molecule is CCCCCCC/C=C\C/C=C\C/C=C\CCCCCCCCCCCCCCCCCCCCCCCCC(=O)NC(COC1OC(CO)C(OC2OC(CO)C(O)C(O)C2O)C(O)C1O)C(O)/C=C/CCCCCCCCCCCCCCCCCCCC. The molecular formula is C77H143NO13. The summed E-state index contributed by atoms with van der Waals surface area (Å²) in [6.07, 6.45) is 64.7. The summed E-state index contributed by atoms with van der Waals surface area (Å²) in [6.45, 7) is 2.84. The molecule has 2 aliphatic heterocycles. The molecular weight excluding hydrogens is 1150 g/mol. The lowest BCUT2D eigenvalue weighted by Crippen LogP contribution is -2.65. The smallest absolute Gasteiger partial charge is 0.220 e. The lowest BCUT2D eigenvalue weighted by molar-refractivity contribution is -0.359. The minimum absolute atomic E-state index is 0.233. The Bertz CT molecular complexity index is 1710. The van der Waals surface area contributed by atoms with Crippen molar-refractivity contribution >= 4 is 5.91 Å². The Labute approximate surface area is 556 Å². The molecule has 2 fully saturated rings. The second kappa shape index (κ2) is 61.5. The van der Waals surface area contributed by atoms with E-state index in [4.69, 9.17) is 18.9 Å². The van der Waals surface area contributed by atoms with E-state index in [0.29, 0.717) is 6.42 Å². The summed E-state index contributed by atoms with van der Waals surface area (Å²) < 4.78 is 22.9. The van der Waals surface area contributed by atoms with Crippen LogP contribution in [0, 0.1) is 0 Å². The number of unbranched alkanes of at least 4 members (excludes halogenated alkanes) is 45. The average Bonchev–Trinajstić information content (AvgIpc) is 1.04. The zero-order chi connectivity index (χ0) is 65.9. The van der Waals surface area contributed by atoms with E-state index in [0.717, 1.165) is 51.4 Å². The molecule has 2 rings (SSSR count). The number of aliphatic hydroxyl groups is 8. The van der Waals surface area contributed by atoms with E-state index in [1.54, 1.807) is 6.08 Å². The maximum absolute atomic E-state index is 13.4. The van der Waals surface area contributed by atoms with Gasteiger partial charge in [0.1, 0.15) is 48.8 Å². The summed E-state index contributed by atoms with van der Waals surface area (Å²) in [5.74, 6) is -0.233. The minimum atomic E-state index is -1.79. The van der Waals surface area contributed by atoms with Crippen LogP contribution in [0.2, 0.25) is 0 Å². The highest BCUT2D eigenvalue weighted by molar-refractivity contribution is 5.76. The third-order valence-electron chi connectivity index (χ3n) is 18.8. The molecule has 14 nitrogen and oxygen atoms in total. The van der Waals surface area contributed by atoms with E-state index in [9.17, 15) is 45.6 Å². The Balaban J connectivity index is 1.59. The van der Waals surface area contributed by atoms with Gasteiger partial charge >= 0.3 is 0 Å². The standard InChI is InChI=1S/C77H143NO13/c1-3-5-7-9-11-13-15-17-19-21-23-25-26-27-28-29-30-31-32-33-34-35-36-37-38-39-40-41-43-45-47-49-51-53-55-57-59-61-69(82)78-65(66(81)60-58-56-54-52-50-48-46-44-42-24-22-20-18-16-14-12-10-8-6-4-2)64-88-76-74(87)72(85)75(68(63-80)90-76)91-77-73(86)71(84)70(83)67(62-79)89-77/h15,17,21,23,26-27,58,60,65-68,70-77,79-81,83-87H,3-14,16,18-20,22,24-25,28-57,59,61-64H2,1-2H3,(H,78,82)/b17-15-,23-21-,27-26-,60-58+. The number of aliphatic hydroxyl groups excluding tert-OH is 8. The molecule has 0 saturated carbocycles. The summed E-state index contributed by atoms with van der Waals surface area (Å²) in [5.41, 5.74) is 0. The fourth-order valence-corrected chi connectivity index (χ4v) is 12.7. The van der Waals surface area contributed by atoms with Crippen molar-refractivity contribution in [1.29, 1.82) is 0 Å². The number of amides is 1. The molecule has 0 aromatic heterocycles. The van der Waals surface area contributed by atoms with Gasteiger partial charge in [-0.15, -0.1) is 0 Å². The number of hydrogen-bond acceptors (Lipinski definition) is 13. The number of carbonyl (C=O) groups excluding carboxylic acids is 1. The molecule has 2 heterocycles. The van der Waals surface area contributed by atoms with Gasteiger partial charge in [-0.2, -0.15) is 0 Å². The van der Waals surface area contributed by atoms with Crippen molar-refractivity contribution in [1.82, 2.24) is 5.32 Å². The molecule has 0 spiro atoms. The Morgan fingerprint density at radius 1 is 0.396 bits per heavy atom. The van der Waals surface area contributed by atoms with Crippen LogP contribution in [-0.4, -0.2) is 140 Å². The molecule has 14 heteroatoms. The van der Waals surface area contributed by atoms with Crippen molar-refractivity contribution in [3.05, 3.63) is 48.6 Å². The number of hydrogen-bond donors (Lipinski definition) is 9. The molecule has 1 amide bonds. The van der Waals surface area contributed by atoms with Crippen LogP contribution in [0.25, 0.3) is 0 Å². The summed E-state index contributed by atoms with van der Waals surface area (Å²) >= 11 is 0. The topological polar surface area (TPSA) is 228 Å². The molecule has 0 aromatic rings. The summed E-state index contributed by atoms with van der Waals surface area (Å²) in [4.78, 5) is 13.4. The minimum Gasteiger partial charge on any atom is -0.394 e. The van der Waals surface area contributed by atoms with Crippen LogP contribution in [-0.2, 0) is 23.7 Å². The highest BCUT2D eigenvalue weighted by atomic mass is 16.7. The molecule has 0 bridgehead atoms. The van der Waals surface area contributed by atoms with E-state index >= 15 is 0 Å². The van der Waals surface area contributed by atoms with Gasteiger partial charge in [0, 0.05) is 6.42 Å². The monoisotopic (exact) mass is 1290 g/mol. The quantitative estimate of drug-likeness (QED) is 0.0204. The maximum atomic E-state index is 13.4. The molecule has 2 aliphatic rings. The second-order valence-electron chi connectivity index (χ2n) is 27.1. The van der Waals surface area contributed by atoms with Crippen molar-refractivity contribution in [3.63, 3.8) is 0 Å². The van der Waals surface area contributed by atoms with E-state index in [-0.39, 0.29) is 18.9 Å². The normalized spacial score (nSPS) is 23.0. The van der Waals surface area contributed by atoms with E-state index < -0.39 is 86.8 Å². The molecule has 534 valence electrons. The first kappa shape index (κ1) is 85.0. The fourth-order valence-electron chi connectivity index (χ4n) is 12.7. The third kappa shape index (κ3) is 45.2. The Morgan fingerprint density at radius 3 is 1.11 bits per heavy atom. The van der Waals surface area contributed by atoms with Crippen LogP contribution in [0.4, 0.5) is 0 Å². The molecule has 0 aromatic carbocycles. The van der Waals surface area contributed by atoms with E-state index in [1.165, 1.54) is 263 Å². The summed E-state index contributed by atoms with van der Waals surface area (Å²) in [7, 11) is 0. The molecule has 91 heavy (non-hydrogen) atoms. The van der Waals surface area contributed by atoms with Gasteiger partial charge in [0.15, 0.2) is 12.6 Å².